The number of benzene rings is 1. The SMILES string of the molecule is CCNc1ccc(C(F)(F)F)cc1C(=N)N. The standard InChI is InChI=1S/C10H12F3N3/c1-2-16-8-4-3-6(10(11,12)13)5-7(8)9(14)15/h3-5,16H,2H2,1H3,(H3,14,15). The third-order valence-corrected chi connectivity index (χ3v) is 2.00. The Bertz CT molecular complexity index is 399. The lowest BCUT2D eigenvalue weighted by molar-refractivity contribution is -0.137. The Labute approximate surface area is 91.0 Å². The smallest absolute Gasteiger partial charge is 0.385 e. The number of nitrogens with two attached hydrogens (primary N) is 1. The Hall–Kier alpha value is -1.72. The number of hydrogen-bond donors (Lipinski definition) is 3. The van der Waals surface area contributed by atoms with Crippen LogP contribution in [0.2, 0.25) is 0 Å². The van der Waals surface area contributed by atoms with E-state index < -0.39 is 11.7 Å². The first-order valence-electron chi connectivity index (χ1n) is 4.65. The van der Waals surface area contributed by atoms with Crippen molar-refractivity contribution in [2.45, 2.75) is 13.1 Å². The number of alkyl halides is 3. The molecule has 16 heavy (non-hydrogen) atoms. The van der Waals surface area contributed by atoms with Crippen LogP contribution in [-0.4, -0.2) is 12.4 Å². The van der Waals surface area contributed by atoms with E-state index in [1.165, 1.54) is 6.07 Å². The number of nitrogens with one attached hydrogen (secondary N) is 2. The lowest BCUT2D eigenvalue weighted by atomic mass is 10.1. The first kappa shape index (κ1) is 12.4. The molecule has 0 atom stereocenters. The first-order valence-corrected chi connectivity index (χ1v) is 4.65. The molecule has 0 saturated carbocycles. The normalized spacial score (nSPS) is 11.2. The minimum Gasteiger partial charge on any atom is -0.385 e. The summed E-state index contributed by atoms with van der Waals surface area (Å²) in [5, 5.41) is 10.1. The number of hydrogen-bond acceptors (Lipinski definition) is 2. The Morgan fingerprint density at radius 2 is 2.06 bits per heavy atom. The third kappa shape index (κ3) is 2.65. The van der Waals surface area contributed by atoms with Gasteiger partial charge in [-0.2, -0.15) is 13.2 Å². The summed E-state index contributed by atoms with van der Waals surface area (Å²) in [6, 6.07) is 3.12. The second-order valence-corrected chi connectivity index (χ2v) is 3.20. The lowest BCUT2D eigenvalue weighted by Gasteiger charge is -2.13. The van der Waals surface area contributed by atoms with Gasteiger partial charge in [0.25, 0.3) is 0 Å². The Balaban J connectivity index is 3.23. The van der Waals surface area contributed by atoms with Crippen LogP contribution < -0.4 is 11.1 Å². The zero-order valence-electron chi connectivity index (χ0n) is 8.65. The molecule has 88 valence electrons. The molecule has 6 heteroatoms. The van der Waals surface area contributed by atoms with E-state index in [2.05, 4.69) is 5.32 Å². The topological polar surface area (TPSA) is 61.9 Å². The molecular weight excluding hydrogens is 219 g/mol. The molecular formula is C10H12F3N3. The molecule has 0 bridgehead atoms. The summed E-state index contributed by atoms with van der Waals surface area (Å²) >= 11 is 0. The van der Waals surface area contributed by atoms with Crippen molar-refractivity contribution in [1.29, 1.82) is 5.41 Å². The van der Waals surface area contributed by atoms with E-state index >= 15 is 0 Å². The van der Waals surface area contributed by atoms with Crippen LogP contribution in [0.1, 0.15) is 18.1 Å². The fraction of sp³-hybridized carbons (Fsp3) is 0.300. The number of rotatable bonds is 3. The molecule has 0 unspecified atom stereocenters. The fourth-order valence-corrected chi connectivity index (χ4v) is 1.29. The van der Waals surface area contributed by atoms with Crippen molar-refractivity contribution in [3.8, 4) is 0 Å². The van der Waals surface area contributed by atoms with Crippen molar-refractivity contribution in [2.24, 2.45) is 5.73 Å². The summed E-state index contributed by atoms with van der Waals surface area (Å²) < 4.78 is 37.3. The van der Waals surface area contributed by atoms with Gasteiger partial charge in [-0.1, -0.05) is 0 Å². The molecule has 0 amide bonds. The molecule has 3 nitrogen and oxygen atoms in total. The average molecular weight is 231 g/mol. The Morgan fingerprint density at radius 1 is 1.44 bits per heavy atom. The van der Waals surface area contributed by atoms with Crippen LogP contribution in [0.4, 0.5) is 18.9 Å². The van der Waals surface area contributed by atoms with Crippen LogP contribution in [0.15, 0.2) is 18.2 Å². The van der Waals surface area contributed by atoms with Gasteiger partial charge in [0.05, 0.1) is 5.56 Å². The van der Waals surface area contributed by atoms with Gasteiger partial charge in [-0.15, -0.1) is 0 Å². The Morgan fingerprint density at radius 3 is 2.50 bits per heavy atom. The molecule has 4 N–H and O–H groups in total. The summed E-state index contributed by atoms with van der Waals surface area (Å²) in [4.78, 5) is 0. The van der Waals surface area contributed by atoms with Gasteiger partial charge in [0, 0.05) is 17.8 Å². The quantitative estimate of drug-likeness (QED) is 0.552. The average Bonchev–Trinajstić information content (AvgIpc) is 2.16. The molecule has 0 saturated heterocycles. The molecule has 1 rings (SSSR count). The molecule has 0 aliphatic carbocycles. The van der Waals surface area contributed by atoms with Gasteiger partial charge < -0.3 is 11.1 Å². The van der Waals surface area contributed by atoms with Crippen molar-refractivity contribution in [1.82, 2.24) is 0 Å². The maximum Gasteiger partial charge on any atom is 0.416 e. The van der Waals surface area contributed by atoms with Gasteiger partial charge in [-0.3, -0.25) is 5.41 Å². The van der Waals surface area contributed by atoms with E-state index in [0.717, 1.165) is 12.1 Å². The first-order chi connectivity index (χ1) is 7.36. The maximum atomic E-state index is 12.4. The zero-order chi connectivity index (χ0) is 12.3. The van der Waals surface area contributed by atoms with Crippen molar-refractivity contribution in [3.05, 3.63) is 29.3 Å². The van der Waals surface area contributed by atoms with Crippen LogP contribution in [0.5, 0.6) is 0 Å². The fourth-order valence-electron chi connectivity index (χ4n) is 1.29. The van der Waals surface area contributed by atoms with E-state index in [4.69, 9.17) is 11.1 Å². The van der Waals surface area contributed by atoms with Crippen molar-refractivity contribution in [2.75, 3.05) is 11.9 Å². The zero-order valence-corrected chi connectivity index (χ0v) is 8.65. The predicted octanol–water partition coefficient (Wildman–Crippen LogP) is 2.42. The number of nitrogen functional groups attached to an aromatic ring is 1. The van der Waals surface area contributed by atoms with Crippen LogP contribution in [0.25, 0.3) is 0 Å². The largest absolute Gasteiger partial charge is 0.416 e. The second-order valence-electron chi connectivity index (χ2n) is 3.20. The maximum absolute atomic E-state index is 12.4. The van der Waals surface area contributed by atoms with Gasteiger partial charge in [0.15, 0.2) is 0 Å². The molecule has 0 aromatic heterocycles. The summed E-state index contributed by atoms with van der Waals surface area (Å²) in [7, 11) is 0. The molecule has 0 spiro atoms. The Kier molecular flexibility index (Phi) is 3.41. The number of halogens is 3. The summed E-state index contributed by atoms with van der Waals surface area (Å²) in [6.07, 6.45) is -4.42. The highest BCUT2D eigenvalue weighted by atomic mass is 19.4. The predicted molar refractivity (Wildman–Crippen MR) is 56.6 cm³/mol. The van der Waals surface area contributed by atoms with E-state index in [1.54, 1.807) is 0 Å². The van der Waals surface area contributed by atoms with Crippen LogP contribution >= 0.6 is 0 Å². The molecule has 1 aromatic carbocycles. The van der Waals surface area contributed by atoms with Crippen LogP contribution in [0, 0.1) is 5.41 Å². The molecule has 0 aliphatic rings. The van der Waals surface area contributed by atoms with Crippen molar-refractivity contribution < 1.29 is 13.2 Å². The number of amidine groups is 1. The third-order valence-electron chi connectivity index (χ3n) is 2.00. The van der Waals surface area contributed by atoms with E-state index in [9.17, 15) is 13.2 Å². The number of anilines is 1. The van der Waals surface area contributed by atoms with Crippen molar-refractivity contribution in [3.63, 3.8) is 0 Å². The van der Waals surface area contributed by atoms with Gasteiger partial charge in [-0.05, 0) is 25.1 Å². The molecule has 0 aliphatic heterocycles. The van der Waals surface area contributed by atoms with E-state index in [1.807, 2.05) is 6.92 Å². The van der Waals surface area contributed by atoms with E-state index in [-0.39, 0.29) is 11.4 Å². The van der Waals surface area contributed by atoms with Gasteiger partial charge in [0.2, 0.25) is 0 Å². The molecule has 0 fully saturated rings. The highest BCUT2D eigenvalue weighted by Crippen LogP contribution is 2.31. The summed E-state index contributed by atoms with van der Waals surface area (Å²) in [5.74, 6) is -0.387. The molecule has 0 heterocycles. The monoisotopic (exact) mass is 231 g/mol. The van der Waals surface area contributed by atoms with Gasteiger partial charge in [0.1, 0.15) is 5.84 Å². The minimum atomic E-state index is -4.42. The minimum absolute atomic E-state index is 0.0664. The second kappa shape index (κ2) is 4.42. The lowest BCUT2D eigenvalue weighted by Crippen LogP contribution is -2.16. The van der Waals surface area contributed by atoms with Gasteiger partial charge >= 0.3 is 6.18 Å². The molecule has 0 radical (unpaired) electrons. The van der Waals surface area contributed by atoms with Gasteiger partial charge in [-0.25, -0.2) is 0 Å². The van der Waals surface area contributed by atoms with Crippen molar-refractivity contribution >= 4 is 11.5 Å². The van der Waals surface area contributed by atoms with E-state index in [0.29, 0.717) is 12.2 Å². The van der Waals surface area contributed by atoms with Crippen LogP contribution in [-0.2, 0) is 6.18 Å². The summed E-state index contributed by atoms with van der Waals surface area (Å²) in [5.41, 5.74) is 4.93. The van der Waals surface area contributed by atoms with Crippen LogP contribution in [0.3, 0.4) is 0 Å². The highest BCUT2D eigenvalue weighted by Gasteiger charge is 2.31. The highest BCUT2D eigenvalue weighted by molar-refractivity contribution is 6.00. The summed E-state index contributed by atoms with van der Waals surface area (Å²) in [6.45, 7) is 2.35. The molecule has 1 aromatic rings.